The summed E-state index contributed by atoms with van der Waals surface area (Å²) in [5, 5.41) is 5.77. The summed E-state index contributed by atoms with van der Waals surface area (Å²) in [5.74, 6) is -0.817. The monoisotopic (exact) mass is 422 g/mol. The van der Waals surface area contributed by atoms with Crippen molar-refractivity contribution in [2.24, 2.45) is 7.05 Å². The Morgan fingerprint density at radius 3 is 2.68 bits per heavy atom. The maximum atomic E-state index is 14.2. The quantitative estimate of drug-likeness (QED) is 0.660. The van der Waals surface area contributed by atoms with E-state index in [1.54, 1.807) is 6.92 Å². The molecule has 0 saturated carbocycles. The average Bonchev–Trinajstić information content (AvgIpc) is 3.17. The molecule has 28 heavy (non-hydrogen) atoms. The number of aromatic nitrogens is 2. The first-order valence-electron chi connectivity index (χ1n) is 8.27. The number of benzene rings is 1. The van der Waals surface area contributed by atoms with E-state index in [9.17, 15) is 17.6 Å². The highest BCUT2D eigenvalue weighted by molar-refractivity contribution is 7.90. The van der Waals surface area contributed by atoms with Gasteiger partial charge in [0.2, 0.25) is 0 Å². The van der Waals surface area contributed by atoms with Crippen molar-refractivity contribution in [1.82, 2.24) is 14.9 Å². The van der Waals surface area contributed by atoms with Gasteiger partial charge < -0.3 is 9.88 Å². The van der Waals surface area contributed by atoms with Gasteiger partial charge in [-0.3, -0.25) is 5.32 Å². The summed E-state index contributed by atoms with van der Waals surface area (Å²) in [6.07, 6.45) is 2.85. The SMILES string of the molecule is Cc1nc(NC(=O)NCc2cccn2C)sc1-c1ccc(S(C)(=O)=O)c(F)c1. The van der Waals surface area contributed by atoms with Crippen LogP contribution in [0.4, 0.5) is 14.3 Å². The molecule has 3 aromatic rings. The third-order valence-corrected chi connectivity index (χ3v) is 6.34. The van der Waals surface area contributed by atoms with E-state index in [1.807, 2.05) is 29.9 Å². The number of rotatable bonds is 5. The number of hydrogen-bond donors (Lipinski definition) is 2. The Morgan fingerprint density at radius 1 is 1.32 bits per heavy atom. The molecule has 2 N–H and O–H groups in total. The number of halogens is 1. The molecule has 0 atom stereocenters. The third kappa shape index (κ3) is 4.39. The van der Waals surface area contributed by atoms with E-state index in [2.05, 4.69) is 15.6 Å². The maximum absolute atomic E-state index is 14.2. The number of sulfone groups is 1. The Balaban J connectivity index is 1.73. The topological polar surface area (TPSA) is 93.1 Å². The fourth-order valence-electron chi connectivity index (χ4n) is 2.65. The molecule has 7 nitrogen and oxygen atoms in total. The predicted octanol–water partition coefficient (Wildman–Crippen LogP) is 3.32. The highest BCUT2D eigenvalue weighted by Gasteiger charge is 2.17. The molecule has 2 heterocycles. The molecule has 0 saturated heterocycles. The normalized spacial score (nSPS) is 11.4. The second-order valence-electron chi connectivity index (χ2n) is 6.27. The highest BCUT2D eigenvalue weighted by Crippen LogP contribution is 2.34. The second kappa shape index (κ2) is 7.72. The lowest BCUT2D eigenvalue weighted by Gasteiger charge is -2.06. The van der Waals surface area contributed by atoms with Gasteiger partial charge in [0.05, 0.1) is 17.1 Å². The Morgan fingerprint density at radius 2 is 2.07 bits per heavy atom. The van der Waals surface area contributed by atoms with E-state index >= 15 is 0 Å². The zero-order chi connectivity index (χ0) is 20.5. The number of urea groups is 1. The average molecular weight is 423 g/mol. The van der Waals surface area contributed by atoms with Crippen molar-refractivity contribution < 1.29 is 17.6 Å². The Bertz CT molecular complexity index is 1140. The second-order valence-corrected chi connectivity index (χ2v) is 9.25. The van der Waals surface area contributed by atoms with Gasteiger partial charge in [-0.2, -0.15) is 0 Å². The lowest BCUT2D eigenvalue weighted by Crippen LogP contribution is -2.28. The zero-order valence-corrected chi connectivity index (χ0v) is 17.1. The number of thiazole rings is 1. The first kappa shape index (κ1) is 20.0. The molecule has 0 aliphatic heterocycles. The largest absolute Gasteiger partial charge is 0.353 e. The molecule has 0 unspecified atom stereocenters. The molecule has 10 heteroatoms. The van der Waals surface area contributed by atoms with Gasteiger partial charge in [-0.15, -0.1) is 0 Å². The number of hydrogen-bond acceptors (Lipinski definition) is 5. The maximum Gasteiger partial charge on any atom is 0.321 e. The minimum absolute atomic E-state index is 0.350. The molecule has 0 radical (unpaired) electrons. The first-order chi connectivity index (χ1) is 13.1. The van der Waals surface area contributed by atoms with Crippen LogP contribution in [0.25, 0.3) is 10.4 Å². The molecular weight excluding hydrogens is 403 g/mol. The van der Waals surface area contributed by atoms with Crippen LogP contribution >= 0.6 is 11.3 Å². The van der Waals surface area contributed by atoms with Gasteiger partial charge in [0, 0.05) is 25.2 Å². The van der Waals surface area contributed by atoms with E-state index in [0.717, 1.165) is 18.0 Å². The van der Waals surface area contributed by atoms with Crippen LogP contribution in [-0.4, -0.2) is 30.3 Å². The standard InChI is InChI=1S/C18H19FN4O3S2/c1-11-16(12-6-7-15(14(19)9-12)28(3,25)26)27-18(21-11)22-17(24)20-10-13-5-4-8-23(13)2/h4-9H,10H2,1-3H3,(H2,20,21,22,24). The summed E-state index contributed by atoms with van der Waals surface area (Å²) in [6.45, 7) is 2.10. The van der Waals surface area contributed by atoms with Crippen LogP contribution in [0.1, 0.15) is 11.4 Å². The van der Waals surface area contributed by atoms with Gasteiger partial charge in [0.1, 0.15) is 10.7 Å². The lowest BCUT2D eigenvalue weighted by molar-refractivity contribution is 0.251. The molecule has 0 aliphatic rings. The number of aryl methyl sites for hydroxylation is 2. The molecule has 0 bridgehead atoms. The van der Waals surface area contributed by atoms with Crippen molar-refractivity contribution in [3.8, 4) is 10.4 Å². The molecule has 1 aromatic carbocycles. The number of anilines is 1. The van der Waals surface area contributed by atoms with E-state index < -0.39 is 21.7 Å². The molecule has 2 amide bonds. The van der Waals surface area contributed by atoms with Gasteiger partial charge in [-0.1, -0.05) is 17.4 Å². The van der Waals surface area contributed by atoms with Crippen molar-refractivity contribution in [2.45, 2.75) is 18.4 Å². The minimum atomic E-state index is -3.64. The number of amides is 2. The highest BCUT2D eigenvalue weighted by atomic mass is 32.2. The number of nitrogens with zero attached hydrogens (tertiary/aromatic N) is 2. The number of carbonyl (C=O) groups is 1. The summed E-state index contributed by atoms with van der Waals surface area (Å²) in [4.78, 5) is 16.7. The van der Waals surface area contributed by atoms with E-state index in [-0.39, 0.29) is 4.90 Å². The van der Waals surface area contributed by atoms with Crippen molar-refractivity contribution in [3.63, 3.8) is 0 Å². The molecule has 0 aliphatic carbocycles. The Hall–Kier alpha value is -2.72. The van der Waals surface area contributed by atoms with Crippen LogP contribution in [0.15, 0.2) is 41.4 Å². The first-order valence-corrected chi connectivity index (χ1v) is 11.0. The molecule has 2 aromatic heterocycles. The van der Waals surface area contributed by atoms with Crippen molar-refractivity contribution in [1.29, 1.82) is 0 Å². The number of nitrogens with one attached hydrogen (secondary N) is 2. The van der Waals surface area contributed by atoms with Gasteiger partial charge >= 0.3 is 6.03 Å². The van der Waals surface area contributed by atoms with E-state index in [4.69, 9.17) is 0 Å². The Labute approximate surface area is 166 Å². The summed E-state index contributed by atoms with van der Waals surface area (Å²) >= 11 is 1.19. The predicted molar refractivity (Wildman–Crippen MR) is 107 cm³/mol. The molecule has 3 rings (SSSR count). The van der Waals surface area contributed by atoms with Crippen LogP contribution in [-0.2, 0) is 23.4 Å². The summed E-state index contributed by atoms with van der Waals surface area (Å²) in [5.41, 5.74) is 2.05. The lowest BCUT2D eigenvalue weighted by atomic mass is 10.1. The fourth-order valence-corrected chi connectivity index (χ4v) is 4.34. The fraction of sp³-hybridized carbons (Fsp3) is 0.222. The van der Waals surface area contributed by atoms with Gasteiger partial charge in [0.25, 0.3) is 0 Å². The van der Waals surface area contributed by atoms with Crippen LogP contribution in [0.5, 0.6) is 0 Å². The van der Waals surface area contributed by atoms with Crippen molar-refractivity contribution >= 4 is 32.3 Å². The smallest absolute Gasteiger partial charge is 0.321 e. The Kier molecular flexibility index (Phi) is 5.52. The molecular formula is C18H19FN4O3S2. The van der Waals surface area contributed by atoms with Crippen LogP contribution in [0.2, 0.25) is 0 Å². The zero-order valence-electron chi connectivity index (χ0n) is 15.5. The van der Waals surface area contributed by atoms with Gasteiger partial charge in [-0.25, -0.2) is 22.6 Å². The number of carbonyl (C=O) groups excluding carboxylic acids is 1. The van der Waals surface area contributed by atoms with Gasteiger partial charge in [0.15, 0.2) is 15.0 Å². The summed E-state index contributed by atoms with van der Waals surface area (Å²) < 4.78 is 39.2. The van der Waals surface area contributed by atoms with Crippen molar-refractivity contribution in [3.05, 3.63) is 53.7 Å². The molecule has 0 fully saturated rings. The summed E-state index contributed by atoms with van der Waals surface area (Å²) in [6, 6.07) is 7.31. The van der Waals surface area contributed by atoms with Gasteiger partial charge in [-0.05, 0) is 36.8 Å². The minimum Gasteiger partial charge on any atom is -0.353 e. The third-order valence-electron chi connectivity index (χ3n) is 4.09. The molecule has 0 spiro atoms. The van der Waals surface area contributed by atoms with Crippen LogP contribution in [0, 0.1) is 12.7 Å². The van der Waals surface area contributed by atoms with Crippen LogP contribution < -0.4 is 10.6 Å². The van der Waals surface area contributed by atoms with Crippen LogP contribution in [0.3, 0.4) is 0 Å². The van der Waals surface area contributed by atoms with E-state index in [0.29, 0.717) is 27.8 Å². The van der Waals surface area contributed by atoms with E-state index in [1.165, 1.54) is 23.5 Å². The van der Waals surface area contributed by atoms with Crippen molar-refractivity contribution in [2.75, 3.05) is 11.6 Å². The summed E-state index contributed by atoms with van der Waals surface area (Å²) in [7, 11) is -1.75. The molecule has 148 valence electrons.